The van der Waals surface area contributed by atoms with Gasteiger partial charge in [0.15, 0.2) is 17.5 Å². The Hall–Kier alpha value is -4.34. The quantitative estimate of drug-likeness (QED) is 0.373. The van der Waals surface area contributed by atoms with Crippen molar-refractivity contribution >= 4 is 28.5 Å². The lowest BCUT2D eigenvalue weighted by molar-refractivity contribution is -0.128. The maximum absolute atomic E-state index is 14.1. The smallest absolute Gasteiger partial charge is 0.251 e. The van der Waals surface area contributed by atoms with Crippen LogP contribution in [0, 0.1) is 6.92 Å². The highest BCUT2D eigenvalue weighted by atomic mass is 16.6. The highest BCUT2D eigenvalue weighted by Crippen LogP contribution is 2.38. The Morgan fingerprint density at radius 2 is 1.84 bits per heavy atom. The number of para-hydroxylation sites is 1. The number of benzene rings is 2. The molecule has 1 aliphatic heterocycles. The fourth-order valence-corrected chi connectivity index (χ4v) is 4.32. The molecule has 3 heterocycles. The van der Waals surface area contributed by atoms with E-state index in [2.05, 4.69) is 15.6 Å². The zero-order valence-corrected chi connectivity index (χ0v) is 21.9. The summed E-state index contributed by atoms with van der Waals surface area (Å²) in [4.78, 5) is 29.5. The summed E-state index contributed by atoms with van der Waals surface area (Å²) in [5.41, 5.74) is 1.35. The number of anilines is 1. The van der Waals surface area contributed by atoms with Gasteiger partial charge in [0.25, 0.3) is 5.91 Å². The van der Waals surface area contributed by atoms with E-state index >= 15 is 0 Å². The molecule has 1 aliphatic rings. The number of nitrogens with one attached hydrogen (secondary N) is 1. The molecule has 1 N–H and O–H groups in total. The van der Waals surface area contributed by atoms with E-state index in [9.17, 15) is 9.59 Å². The summed E-state index contributed by atoms with van der Waals surface area (Å²) in [6.07, 6.45) is 0.700. The summed E-state index contributed by atoms with van der Waals surface area (Å²) in [5, 5.41) is 11.4. The van der Waals surface area contributed by atoms with Crippen molar-refractivity contribution in [1.82, 2.24) is 20.3 Å². The number of carbonyl (C=O) groups excluding carboxylic acids is 2. The van der Waals surface area contributed by atoms with Crippen LogP contribution in [0.1, 0.15) is 44.8 Å². The van der Waals surface area contributed by atoms with Crippen LogP contribution in [-0.4, -0.2) is 45.6 Å². The lowest BCUT2D eigenvalue weighted by Gasteiger charge is -2.34. The van der Waals surface area contributed by atoms with Crippen LogP contribution in [0.2, 0.25) is 0 Å². The summed E-state index contributed by atoms with van der Waals surface area (Å²) in [7, 11) is 0. The first-order chi connectivity index (χ1) is 18.3. The first kappa shape index (κ1) is 25.3. The van der Waals surface area contributed by atoms with Crippen molar-refractivity contribution < 1.29 is 23.5 Å². The number of aromatic nitrogens is 3. The molecule has 10 heteroatoms. The molecule has 0 radical (unpaired) electrons. The van der Waals surface area contributed by atoms with Crippen molar-refractivity contribution in [3.63, 3.8) is 0 Å². The number of aryl methyl sites for hydroxylation is 1. The van der Waals surface area contributed by atoms with Crippen LogP contribution < -0.4 is 19.7 Å². The third kappa shape index (κ3) is 5.06. The number of fused-ring (bicyclic) bond motifs is 2. The Morgan fingerprint density at radius 1 is 1.08 bits per heavy atom. The number of amides is 2. The van der Waals surface area contributed by atoms with Crippen molar-refractivity contribution in [1.29, 1.82) is 0 Å². The van der Waals surface area contributed by atoms with E-state index in [-0.39, 0.29) is 18.4 Å². The van der Waals surface area contributed by atoms with Crippen molar-refractivity contribution in [3.05, 3.63) is 66.1 Å². The summed E-state index contributed by atoms with van der Waals surface area (Å²) in [6.45, 7) is 8.35. The average molecular weight is 518 g/mol. The third-order valence-electron chi connectivity index (χ3n) is 6.66. The van der Waals surface area contributed by atoms with Crippen LogP contribution in [0.3, 0.4) is 0 Å². The Bertz CT molecular complexity index is 1470. The number of carbonyl (C=O) groups is 2. The summed E-state index contributed by atoms with van der Waals surface area (Å²) in [5.74, 6) is 1.32. The molecule has 0 fully saturated rings. The monoisotopic (exact) mass is 517 g/mol. The van der Waals surface area contributed by atoms with Gasteiger partial charge in [0.1, 0.15) is 36.8 Å². The van der Waals surface area contributed by atoms with Gasteiger partial charge in [-0.15, -0.1) is 5.10 Å². The largest absolute Gasteiger partial charge is 0.486 e. The average Bonchev–Trinajstić information content (AvgIpc) is 3.52. The second kappa shape index (κ2) is 10.2. The third-order valence-corrected chi connectivity index (χ3v) is 6.66. The van der Waals surface area contributed by atoms with E-state index in [0.29, 0.717) is 59.4 Å². The van der Waals surface area contributed by atoms with Gasteiger partial charge in [0.05, 0.1) is 5.52 Å². The zero-order chi connectivity index (χ0) is 26.9. The van der Waals surface area contributed by atoms with Crippen LogP contribution in [-0.2, 0) is 16.1 Å². The van der Waals surface area contributed by atoms with E-state index in [0.717, 1.165) is 0 Å². The van der Waals surface area contributed by atoms with Gasteiger partial charge in [-0.05, 0) is 63.6 Å². The molecule has 5 rings (SSSR count). The van der Waals surface area contributed by atoms with E-state index in [4.69, 9.17) is 13.9 Å². The zero-order valence-electron chi connectivity index (χ0n) is 21.9. The molecule has 0 saturated carbocycles. The molecule has 0 spiro atoms. The van der Waals surface area contributed by atoms with Gasteiger partial charge in [0, 0.05) is 17.3 Å². The van der Waals surface area contributed by atoms with Gasteiger partial charge < -0.3 is 19.2 Å². The maximum atomic E-state index is 14.1. The molecular weight excluding hydrogens is 486 g/mol. The summed E-state index contributed by atoms with van der Waals surface area (Å²) < 4.78 is 18.9. The molecule has 2 aromatic heterocycles. The van der Waals surface area contributed by atoms with Crippen LogP contribution in [0.15, 0.2) is 59.0 Å². The molecule has 10 nitrogen and oxygen atoms in total. The molecule has 2 amide bonds. The molecule has 198 valence electrons. The lowest BCUT2D eigenvalue weighted by Crippen LogP contribution is -2.51. The molecule has 0 bridgehead atoms. The van der Waals surface area contributed by atoms with Gasteiger partial charge in [0.2, 0.25) is 5.91 Å². The van der Waals surface area contributed by atoms with Crippen molar-refractivity contribution in [2.45, 2.75) is 52.2 Å². The number of ether oxygens (including phenoxy) is 2. The lowest BCUT2D eigenvalue weighted by atomic mass is 10.0. The molecule has 4 aromatic rings. The Morgan fingerprint density at radius 3 is 2.58 bits per heavy atom. The maximum Gasteiger partial charge on any atom is 0.251 e. The second-order valence-corrected chi connectivity index (χ2v) is 9.91. The fourth-order valence-electron chi connectivity index (χ4n) is 4.32. The Kier molecular flexibility index (Phi) is 6.79. The highest BCUT2D eigenvalue weighted by Gasteiger charge is 2.38. The Labute approximate surface area is 220 Å². The number of hydrogen-bond donors (Lipinski definition) is 1. The predicted molar refractivity (Wildman–Crippen MR) is 141 cm³/mol. The number of hydrogen-bond acceptors (Lipinski definition) is 7. The highest BCUT2D eigenvalue weighted by molar-refractivity contribution is 6.01. The number of furan rings is 1. The molecule has 2 aromatic carbocycles. The summed E-state index contributed by atoms with van der Waals surface area (Å²) in [6, 6.07) is 15.0. The van der Waals surface area contributed by atoms with Crippen LogP contribution in [0.4, 0.5) is 5.69 Å². The molecular formula is C28H31N5O5. The second-order valence-electron chi connectivity index (χ2n) is 9.91. The van der Waals surface area contributed by atoms with E-state index in [1.807, 2.05) is 45.0 Å². The minimum atomic E-state index is -1.08. The van der Waals surface area contributed by atoms with Gasteiger partial charge >= 0.3 is 0 Å². The molecule has 0 aliphatic carbocycles. The molecule has 38 heavy (non-hydrogen) atoms. The molecule has 0 unspecified atom stereocenters. The standard InChI is InChI=1S/C28H31N5O5/c1-5-28(3,4)29-27(35)26(23-12-10-18(2)38-23)33(19-11-13-22-24(16-19)37-15-14-36-22)25(34)17-32-21-9-7-6-8-20(21)30-31-32/h6-13,16,26H,5,14-15,17H2,1-4H3,(H,29,35)/t26-/m1/s1. The molecule has 1 atom stereocenters. The normalized spacial score (nSPS) is 13.8. The van der Waals surface area contributed by atoms with Gasteiger partial charge in [-0.2, -0.15) is 0 Å². The minimum absolute atomic E-state index is 0.143. The van der Waals surface area contributed by atoms with Crippen molar-refractivity contribution in [2.75, 3.05) is 18.1 Å². The van der Waals surface area contributed by atoms with Crippen LogP contribution in [0.25, 0.3) is 11.0 Å². The van der Waals surface area contributed by atoms with Crippen LogP contribution >= 0.6 is 0 Å². The van der Waals surface area contributed by atoms with Crippen molar-refractivity contribution in [3.8, 4) is 11.5 Å². The van der Waals surface area contributed by atoms with Gasteiger partial charge in [-0.25, -0.2) is 4.68 Å². The van der Waals surface area contributed by atoms with Crippen molar-refractivity contribution in [2.24, 2.45) is 0 Å². The SMILES string of the molecule is CCC(C)(C)NC(=O)[C@@H](c1ccc(C)o1)N(C(=O)Cn1nnc2ccccc21)c1ccc2c(c1)OCCO2. The first-order valence-electron chi connectivity index (χ1n) is 12.6. The minimum Gasteiger partial charge on any atom is -0.486 e. The first-order valence-corrected chi connectivity index (χ1v) is 12.6. The number of rotatable bonds is 8. The van der Waals surface area contributed by atoms with E-state index < -0.39 is 11.6 Å². The van der Waals surface area contributed by atoms with E-state index in [1.165, 1.54) is 9.58 Å². The number of nitrogens with zero attached hydrogens (tertiary/aromatic N) is 4. The summed E-state index contributed by atoms with van der Waals surface area (Å²) >= 11 is 0. The molecule has 0 saturated heterocycles. The topological polar surface area (TPSA) is 112 Å². The van der Waals surface area contributed by atoms with Crippen LogP contribution in [0.5, 0.6) is 11.5 Å². The van der Waals surface area contributed by atoms with Gasteiger partial charge in [-0.3, -0.25) is 14.5 Å². The van der Waals surface area contributed by atoms with E-state index in [1.54, 1.807) is 37.3 Å². The predicted octanol–water partition coefficient (Wildman–Crippen LogP) is 4.18. The Balaban J connectivity index is 1.61. The fraction of sp³-hybridized carbons (Fsp3) is 0.357. The van der Waals surface area contributed by atoms with Gasteiger partial charge in [-0.1, -0.05) is 24.3 Å².